The van der Waals surface area contributed by atoms with E-state index >= 15 is 0 Å². The highest BCUT2D eigenvalue weighted by molar-refractivity contribution is 5.85. The standard InChI is InChI=1S/C6H10O.ClH/c1-2-6-4-3-5(1)7-6;/h5-6H,1-4H2;1H. The van der Waals surface area contributed by atoms with Gasteiger partial charge in [-0.1, -0.05) is 0 Å². The molecular formula is C6H11ClO. The maximum absolute atomic E-state index is 5.47. The molecular weight excluding hydrogens is 124 g/mol. The van der Waals surface area contributed by atoms with Gasteiger partial charge in [0.1, 0.15) is 0 Å². The maximum atomic E-state index is 5.47. The first-order valence-corrected chi connectivity index (χ1v) is 3.10. The van der Waals surface area contributed by atoms with Crippen molar-refractivity contribution < 1.29 is 4.74 Å². The van der Waals surface area contributed by atoms with Crippen LogP contribution in [0.25, 0.3) is 0 Å². The highest BCUT2D eigenvalue weighted by atomic mass is 35.5. The van der Waals surface area contributed by atoms with Crippen molar-refractivity contribution in [2.75, 3.05) is 0 Å². The Labute approximate surface area is 55.8 Å². The van der Waals surface area contributed by atoms with Gasteiger partial charge in [-0.25, -0.2) is 0 Å². The van der Waals surface area contributed by atoms with Crippen LogP contribution in [0.1, 0.15) is 25.7 Å². The minimum Gasteiger partial charge on any atom is -0.375 e. The van der Waals surface area contributed by atoms with E-state index < -0.39 is 0 Å². The predicted octanol–water partition coefficient (Wildman–Crippen LogP) is 1.75. The van der Waals surface area contributed by atoms with Gasteiger partial charge in [-0.3, -0.25) is 0 Å². The molecule has 2 bridgehead atoms. The van der Waals surface area contributed by atoms with Crippen molar-refractivity contribution in [3.63, 3.8) is 0 Å². The molecule has 2 rings (SSSR count). The first kappa shape index (κ1) is 6.37. The first-order valence-electron chi connectivity index (χ1n) is 3.10. The zero-order chi connectivity index (χ0) is 4.69. The molecule has 8 heavy (non-hydrogen) atoms. The minimum absolute atomic E-state index is 0. The number of ether oxygens (including phenoxy) is 1. The van der Waals surface area contributed by atoms with Gasteiger partial charge >= 0.3 is 0 Å². The van der Waals surface area contributed by atoms with Gasteiger partial charge in [0.25, 0.3) is 0 Å². The largest absolute Gasteiger partial charge is 0.375 e. The van der Waals surface area contributed by atoms with E-state index in [1.807, 2.05) is 0 Å². The maximum Gasteiger partial charge on any atom is 0.0580 e. The lowest BCUT2D eigenvalue weighted by atomic mass is 10.0. The Kier molecular flexibility index (Phi) is 1.78. The molecule has 0 N–H and O–H groups in total. The molecule has 2 aliphatic heterocycles. The highest BCUT2D eigenvalue weighted by Gasteiger charge is 2.31. The molecule has 2 heteroatoms. The van der Waals surface area contributed by atoms with Crippen LogP contribution >= 0.6 is 12.4 Å². The Morgan fingerprint density at radius 3 is 1.38 bits per heavy atom. The molecule has 0 aromatic carbocycles. The van der Waals surface area contributed by atoms with Crippen molar-refractivity contribution in [1.82, 2.24) is 0 Å². The Morgan fingerprint density at radius 1 is 0.875 bits per heavy atom. The summed E-state index contributed by atoms with van der Waals surface area (Å²) < 4.78 is 5.47. The third-order valence-corrected chi connectivity index (χ3v) is 2.01. The molecule has 48 valence electrons. The van der Waals surface area contributed by atoms with Crippen molar-refractivity contribution in [2.24, 2.45) is 0 Å². The third kappa shape index (κ3) is 0.848. The van der Waals surface area contributed by atoms with Crippen molar-refractivity contribution >= 4 is 12.4 Å². The molecule has 0 aromatic rings. The van der Waals surface area contributed by atoms with Gasteiger partial charge in [0, 0.05) is 0 Å². The molecule has 0 aromatic heterocycles. The second kappa shape index (κ2) is 2.24. The summed E-state index contributed by atoms with van der Waals surface area (Å²) in [6.07, 6.45) is 6.69. The summed E-state index contributed by atoms with van der Waals surface area (Å²) in [5.74, 6) is 0. The smallest absolute Gasteiger partial charge is 0.0580 e. The predicted molar refractivity (Wildman–Crippen MR) is 34.4 cm³/mol. The average Bonchev–Trinajstić information content (AvgIpc) is 2.22. The number of halogens is 1. The topological polar surface area (TPSA) is 9.23 Å². The SMILES string of the molecule is C1CC2CCC1O2.Cl. The van der Waals surface area contributed by atoms with Gasteiger partial charge in [-0.05, 0) is 25.7 Å². The quantitative estimate of drug-likeness (QED) is 0.491. The van der Waals surface area contributed by atoms with E-state index in [-0.39, 0.29) is 12.4 Å². The van der Waals surface area contributed by atoms with Crippen LogP contribution in [0.5, 0.6) is 0 Å². The second-order valence-electron chi connectivity index (χ2n) is 2.53. The third-order valence-electron chi connectivity index (χ3n) is 2.01. The van der Waals surface area contributed by atoms with Crippen LogP contribution in [-0.4, -0.2) is 12.2 Å². The van der Waals surface area contributed by atoms with E-state index in [2.05, 4.69) is 0 Å². The lowest BCUT2D eigenvalue weighted by Gasteiger charge is -2.00. The molecule has 0 atom stereocenters. The Bertz CT molecular complexity index is 66.6. The van der Waals surface area contributed by atoms with Gasteiger partial charge in [0.15, 0.2) is 0 Å². The molecule has 0 saturated carbocycles. The second-order valence-corrected chi connectivity index (χ2v) is 2.53. The molecule has 0 aliphatic carbocycles. The molecule has 0 unspecified atom stereocenters. The van der Waals surface area contributed by atoms with Crippen molar-refractivity contribution in [2.45, 2.75) is 37.9 Å². The fraction of sp³-hybridized carbons (Fsp3) is 1.00. The molecule has 2 heterocycles. The van der Waals surface area contributed by atoms with E-state index in [9.17, 15) is 0 Å². The van der Waals surface area contributed by atoms with Crippen LogP contribution in [0.2, 0.25) is 0 Å². The Hall–Kier alpha value is 0.250. The van der Waals surface area contributed by atoms with Gasteiger partial charge < -0.3 is 4.74 Å². The first-order chi connectivity index (χ1) is 3.45. The van der Waals surface area contributed by atoms with Crippen LogP contribution in [0.3, 0.4) is 0 Å². The minimum atomic E-state index is 0. The molecule has 2 aliphatic rings. The summed E-state index contributed by atoms with van der Waals surface area (Å²) in [5.41, 5.74) is 0. The molecule has 2 fully saturated rings. The average molecular weight is 135 g/mol. The molecule has 2 saturated heterocycles. The van der Waals surface area contributed by atoms with Crippen molar-refractivity contribution in [3.05, 3.63) is 0 Å². The fourth-order valence-corrected chi connectivity index (χ4v) is 1.58. The van der Waals surface area contributed by atoms with E-state index in [0.29, 0.717) is 12.2 Å². The summed E-state index contributed by atoms with van der Waals surface area (Å²) in [6, 6.07) is 0. The summed E-state index contributed by atoms with van der Waals surface area (Å²) in [5, 5.41) is 0. The van der Waals surface area contributed by atoms with E-state index in [1.165, 1.54) is 25.7 Å². The number of fused-ring (bicyclic) bond motifs is 2. The molecule has 0 amide bonds. The zero-order valence-corrected chi connectivity index (χ0v) is 5.62. The lowest BCUT2D eigenvalue weighted by molar-refractivity contribution is 0.105. The fourth-order valence-electron chi connectivity index (χ4n) is 1.58. The van der Waals surface area contributed by atoms with Gasteiger partial charge in [-0.2, -0.15) is 0 Å². The van der Waals surface area contributed by atoms with E-state index in [4.69, 9.17) is 4.74 Å². The lowest BCUT2D eigenvalue weighted by Crippen LogP contribution is -1.98. The molecule has 0 radical (unpaired) electrons. The number of hydrogen-bond acceptors (Lipinski definition) is 1. The Morgan fingerprint density at radius 2 is 1.25 bits per heavy atom. The van der Waals surface area contributed by atoms with Crippen LogP contribution in [-0.2, 0) is 4.74 Å². The summed E-state index contributed by atoms with van der Waals surface area (Å²) >= 11 is 0. The number of rotatable bonds is 0. The molecule has 1 nitrogen and oxygen atoms in total. The van der Waals surface area contributed by atoms with Crippen LogP contribution in [0, 0.1) is 0 Å². The monoisotopic (exact) mass is 134 g/mol. The van der Waals surface area contributed by atoms with Gasteiger partial charge in [0.05, 0.1) is 12.2 Å². The van der Waals surface area contributed by atoms with Crippen LogP contribution in [0.15, 0.2) is 0 Å². The summed E-state index contributed by atoms with van der Waals surface area (Å²) in [4.78, 5) is 0. The molecule has 0 spiro atoms. The normalized spacial score (nSPS) is 42.0. The summed E-state index contributed by atoms with van der Waals surface area (Å²) in [7, 11) is 0. The zero-order valence-electron chi connectivity index (χ0n) is 4.80. The summed E-state index contributed by atoms with van der Waals surface area (Å²) in [6.45, 7) is 0. The van der Waals surface area contributed by atoms with Gasteiger partial charge in [-0.15, -0.1) is 12.4 Å². The van der Waals surface area contributed by atoms with Crippen LogP contribution < -0.4 is 0 Å². The van der Waals surface area contributed by atoms with Gasteiger partial charge in [0.2, 0.25) is 0 Å². The van der Waals surface area contributed by atoms with Crippen LogP contribution in [0.4, 0.5) is 0 Å². The highest BCUT2D eigenvalue weighted by Crippen LogP contribution is 2.33. The van der Waals surface area contributed by atoms with Crippen molar-refractivity contribution in [3.8, 4) is 0 Å². The van der Waals surface area contributed by atoms with E-state index in [0.717, 1.165) is 0 Å². The van der Waals surface area contributed by atoms with Crippen molar-refractivity contribution in [1.29, 1.82) is 0 Å². The number of hydrogen-bond donors (Lipinski definition) is 0. The Balaban J connectivity index is 0.000000320. The van der Waals surface area contributed by atoms with E-state index in [1.54, 1.807) is 0 Å².